The minimum atomic E-state index is -3.01. The molecule has 5 nitrogen and oxygen atoms in total. The Morgan fingerprint density at radius 1 is 0.413 bits per heavy atom. The van der Waals surface area contributed by atoms with Gasteiger partial charge in [0, 0.05) is 44.3 Å². The van der Waals surface area contributed by atoms with Crippen molar-refractivity contribution in [3.63, 3.8) is 0 Å². The Morgan fingerprint density at radius 2 is 0.856 bits per heavy atom. The van der Waals surface area contributed by atoms with Crippen LogP contribution in [-0.2, 0) is 37.3 Å². The molecule has 1 aliphatic carbocycles. The zero-order valence-electron chi connectivity index (χ0n) is 59.7. The van der Waals surface area contributed by atoms with Gasteiger partial charge in [-0.05, 0) is 151 Å². The van der Waals surface area contributed by atoms with Gasteiger partial charge in [-0.3, -0.25) is 4.57 Å². The average molecular weight is 1560 g/mol. The van der Waals surface area contributed by atoms with Gasteiger partial charge in [0.25, 0.3) is 6.33 Å². The van der Waals surface area contributed by atoms with Crippen LogP contribution >= 0.6 is 0 Å². The van der Waals surface area contributed by atoms with Gasteiger partial charge in [-0.1, -0.05) is 321 Å². The SMILES string of the molecule is CC(C)(C)c1ccnc(-n2c3[c-]c(Oc4[c-]c(-n5[c-][n+](-c6c(-c7cccc([Si](c8ccccc8)(c8ccccc8)c8ccccc8)c7)cccc6-c6cccc([Si](c7ccccc7)(c7ccccc7)c7ccccc7)c6)c6cc7c(cc65)C(C)(C)CCC7(C)C)ccc4)ccc3c3ccccc32)c1.[Pt]. The molecule has 0 amide bonds. The predicted octanol–water partition coefficient (Wildman–Crippen LogP) is 17.3. The molecule has 3 heterocycles. The second-order valence-electron chi connectivity index (χ2n) is 30.1. The van der Waals surface area contributed by atoms with Gasteiger partial charge in [0.2, 0.25) is 0 Å². The number of pyridine rings is 1. The van der Waals surface area contributed by atoms with E-state index >= 15 is 0 Å². The van der Waals surface area contributed by atoms with Crippen molar-refractivity contribution < 1.29 is 30.4 Å². The molecule has 17 rings (SSSR count). The van der Waals surface area contributed by atoms with Crippen molar-refractivity contribution in [3.05, 3.63) is 369 Å². The number of imidazole rings is 1. The molecule has 0 saturated carbocycles. The van der Waals surface area contributed by atoms with Crippen LogP contribution in [0.25, 0.3) is 72.3 Å². The fourth-order valence-corrected chi connectivity index (χ4v) is 26.2. The minimum absolute atomic E-state index is 0. The van der Waals surface area contributed by atoms with Crippen LogP contribution in [0.3, 0.4) is 0 Å². The molecule has 13 aromatic carbocycles. The van der Waals surface area contributed by atoms with E-state index < -0.39 is 16.1 Å². The molecular weight excluding hydrogens is 1480 g/mol. The second-order valence-corrected chi connectivity index (χ2v) is 37.7. The van der Waals surface area contributed by atoms with Crippen LogP contribution in [0.5, 0.6) is 11.5 Å². The molecule has 104 heavy (non-hydrogen) atoms. The van der Waals surface area contributed by atoms with Crippen molar-refractivity contribution >= 4 is 90.5 Å². The summed E-state index contributed by atoms with van der Waals surface area (Å²) in [5.41, 5.74) is 13.9. The molecule has 1 aliphatic rings. The van der Waals surface area contributed by atoms with E-state index in [1.54, 1.807) is 0 Å². The molecule has 0 bridgehead atoms. The van der Waals surface area contributed by atoms with Crippen LogP contribution in [0.1, 0.15) is 78.0 Å². The third-order valence-corrected chi connectivity index (χ3v) is 31.5. The first-order valence-corrected chi connectivity index (χ1v) is 40.0. The zero-order valence-corrected chi connectivity index (χ0v) is 64.0. The van der Waals surface area contributed by atoms with E-state index in [0.29, 0.717) is 11.5 Å². The Morgan fingerprint density at radius 3 is 1.36 bits per heavy atom. The number of fused-ring (bicyclic) bond motifs is 5. The van der Waals surface area contributed by atoms with Crippen molar-refractivity contribution in [1.29, 1.82) is 0 Å². The average Bonchev–Trinajstić information content (AvgIpc) is 1.36. The first-order chi connectivity index (χ1) is 50.2. The van der Waals surface area contributed by atoms with E-state index in [9.17, 15) is 0 Å². The molecule has 0 atom stereocenters. The van der Waals surface area contributed by atoms with Gasteiger partial charge in [0.15, 0.2) is 16.1 Å². The standard InChI is InChI=1S/C96H80N4OSi2.Pt/c1-94(2,3)70-56-59-97-92(62-70)100-88-53-27-26-50-84(88)85-55-54-73(64-89(85)100)101-72-35-30-34-71(63-72)98-67-99(91-66-87-86(65-90(91)98)95(4,5)57-58-96(87,6)7)93-82(68-32-28-48-80(60-68)102(74-36-14-8-15-37-74,75-38-16-9-17-39-75)76-40-18-10-19-41-76)51-31-52-83(93)69-33-29-49-81(61-69)103(77-42-20-11-21-43-77,78-44-22-12-23-45-78)79-46-24-13-25-47-79;/h8-56,59-62,65-66H,57-58H2,1-7H3;/q-2;. The Balaban J connectivity index is 0.00000833. The van der Waals surface area contributed by atoms with E-state index in [1.165, 1.54) is 58.2 Å². The fraction of sp³-hybridized carbons (Fsp3) is 0.125. The Kier molecular flexibility index (Phi) is 17.6. The van der Waals surface area contributed by atoms with Gasteiger partial charge < -0.3 is 13.9 Å². The maximum Gasteiger partial charge on any atom is 0.268 e. The number of ether oxygens (including phenoxy) is 1. The van der Waals surface area contributed by atoms with Crippen molar-refractivity contribution in [2.45, 2.75) is 77.6 Å². The summed E-state index contributed by atoms with van der Waals surface area (Å²) in [5, 5.41) is 12.7. The summed E-state index contributed by atoms with van der Waals surface area (Å²) in [5.74, 6) is 1.98. The van der Waals surface area contributed by atoms with E-state index in [4.69, 9.17) is 9.72 Å². The van der Waals surface area contributed by atoms with Crippen LogP contribution in [0.2, 0.25) is 0 Å². The van der Waals surface area contributed by atoms with Crippen LogP contribution in [0.4, 0.5) is 0 Å². The molecule has 0 aliphatic heterocycles. The van der Waals surface area contributed by atoms with Crippen LogP contribution in [0, 0.1) is 18.5 Å². The van der Waals surface area contributed by atoms with Crippen molar-refractivity contribution in [2.75, 3.05) is 0 Å². The van der Waals surface area contributed by atoms with Crippen molar-refractivity contribution in [2.24, 2.45) is 0 Å². The van der Waals surface area contributed by atoms with Crippen molar-refractivity contribution in [3.8, 4) is 50.9 Å². The number of aromatic nitrogens is 4. The molecule has 0 N–H and O–H groups in total. The molecule has 510 valence electrons. The summed E-state index contributed by atoms with van der Waals surface area (Å²) < 4.78 is 13.9. The first kappa shape index (κ1) is 67.7. The van der Waals surface area contributed by atoms with E-state index in [0.717, 1.165) is 85.1 Å². The molecule has 0 radical (unpaired) electrons. The van der Waals surface area contributed by atoms with Gasteiger partial charge in [0.1, 0.15) is 5.82 Å². The fourth-order valence-electron chi connectivity index (χ4n) is 16.7. The molecule has 0 spiro atoms. The minimum Gasteiger partial charge on any atom is -0.510 e. The topological polar surface area (TPSA) is 35.9 Å². The Bertz CT molecular complexity index is 5450. The summed E-state index contributed by atoms with van der Waals surface area (Å²) in [6.07, 6.45) is 8.23. The largest absolute Gasteiger partial charge is 0.510 e. The molecule has 8 heteroatoms. The zero-order chi connectivity index (χ0) is 70.1. The second kappa shape index (κ2) is 27.1. The third kappa shape index (κ3) is 11.7. The van der Waals surface area contributed by atoms with Gasteiger partial charge in [-0.25, -0.2) is 4.98 Å². The summed E-state index contributed by atoms with van der Waals surface area (Å²) in [4.78, 5) is 4.98. The first-order valence-electron chi connectivity index (χ1n) is 36.0. The maximum absolute atomic E-state index is 7.02. The van der Waals surface area contributed by atoms with Crippen LogP contribution in [-0.4, -0.2) is 30.3 Å². The Hall–Kier alpha value is -10.8. The smallest absolute Gasteiger partial charge is 0.268 e. The normalized spacial score (nSPS) is 13.5. The van der Waals surface area contributed by atoms with Gasteiger partial charge in [0.05, 0.1) is 16.7 Å². The molecule has 16 aromatic rings. The van der Waals surface area contributed by atoms with Gasteiger partial charge >= 0.3 is 0 Å². The van der Waals surface area contributed by atoms with Crippen molar-refractivity contribution in [1.82, 2.24) is 14.1 Å². The van der Waals surface area contributed by atoms with E-state index in [2.05, 4.69) is 396 Å². The summed E-state index contributed by atoms with van der Waals surface area (Å²) in [6.45, 7) is 16.4. The van der Waals surface area contributed by atoms with E-state index in [-0.39, 0.29) is 37.3 Å². The molecule has 0 fully saturated rings. The van der Waals surface area contributed by atoms with E-state index in [1.807, 2.05) is 18.3 Å². The number of hydrogen-bond acceptors (Lipinski definition) is 2. The number of nitrogens with zero attached hydrogens (tertiary/aromatic N) is 4. The van der Waals surface area contributed by atoms with Crippen LogP contribution < -0.4 is 50.8 Å². The summed E-state index contributed by atoms with van der Waals surface area (Å²) in [6, 6.07) is 129. The van der Waals surface area contributed by atoms with Gasteiger partial charge in [-0.2, -0.15) is 18.2 Å². The number of hydrogen-bond donors (Lipinski definition) is 0. The monoisotopic (exact) mass is 1560 g/mol. The maximum atomic E-state index is 7.02. The van der Waals surface area contributed by atoms with Gasteiger partial charge in [-0.15, -0.1) is 29.7 Å². The van der Waals surface area contributed by atoms with Crippen LogP contribution in [0.15, 0.2) is 334 Å². The third-order valence-electron chi connectivity index (χ3n) is 22.0. The number of benzene rings is 13. The summed E-state index contributed by atoms with van der Waals surface area (Å²) >= 11 is 0. The molecular formula is C96H80N4OPtSi2-2. The molecule has 0 unspecified atom stereocenters. The molecule has 3 aromatic heterocycles. The quantitative estimate of drug-likeness (QED) is 0.0444. The Labute approximate surface area is 627 Å². The predicted molar refractivity (Wildman–Crippen MR) is 432 cm³/mol. The number of rotatable bonds is 15. The summed E-state index contributed by atoms with van der Waals surface area (Å²) in [7, 11) is -6.03. The molecule has 0 saturated heterocycles. The number of para-hydroxylation sites is 2.